The van der Waals surface area contributed by atoms with E-state index in [0.717, 1.165) is 22.3 Å². The van der Waals surface area contributed by atoms with E-state index in [2.05, 4.69) is 58.5 Å². The summed E-state index contributed by atoms with van der Waals surface area (Å²) < 4.78 is 6.90. The summed E-state index contributed by atoms with van der Waals surface area (Å²) in [6.07, 6.45) is 2.33. The van der Waals surface area contributed by atoms with Crippen LogP contribution in [0.5, 0.6) is 5.75 Å². The van der Waals surface area contributed by atoms with Gasteiger partial charge in [-0.05, 0) is 35.7 Å². The molecule has 1 heterocycles. The highest BCUT2D eigenvalue weighted by Crippen LogP contribution is 2.35. The Hall–Kier alpha value is -1.48. The third kappa shape index (κ3) is 2.83. The normalized spacial score (nSPS) is 17.0. The summed E-state index contributed by atoms with van der Waals surface area (Å²) in [6.45, 7) is 2.87. The van der Waals surface area contributed by atoms with Gasteiger partial charge in [0, 0.05) is 4.47 Å². The van der Waals surface area contributed by atoms with Crippen LogP contribution < -0.4 is 10.1 Å². The molecule has 0 amide bonds. The second-order valence-electron chi connectivity index (χ2n) is 5.14. The Morgan fingerprint density at radius 3 is 2.75 bits per heavy atom. The Kier molecular flexibility index (Phi) is 3.97. The van der Waals surface area contributed by atoms with Crippen molar-refractivity contribution in [1.29, 1.82) is 0 Å². The van der Waals surface area contributed by atoms with E-state index in [9.17, 15) is 0 Å². The minimum Gasteiger partial charge on any atom is -0.489 e. The molecule has 0 aromatic heterocycles. The van der Waals surface area contributed by atoms with Gasteiger partial charge in [-0.3, -0.25) is 0 Å². The molecule has 2 nitrogen and oxygen atoms in total. The number of ether oxygens (including phenoxy) is 1. The molecule has 0 bridgehead atoms. The minimum atomic E-state index is 0.222. The van der Waals surface area contributed by atoms with Gasteiger partial charge in [0.25, 0.3) is 0 Å². The first-order chi connectivity index (χ1) is 9.76. The Balaban J connectivity index is 1.77. The first kappa shape index (κ1) is 13.5. The number of anilines is 1. The fourth-order valence-corrected chi connectivity index (χ4v) is 2.86. The highest BCUT2D eigenvalue weighted by Gasteiger charge is 2.20. The van der Waals surface area contributed by atoms with Gasteiger partial charge in [0.05, 0.1) is 11.7 Å². The van der Waals surface area contributed by atoms with Crippen molar-refractivity contribution in [2.75, 3.05) is 11.9 Å². The van der Waals surface area contributed by atoms with Crippen molar-refractivity contribution < 1.29 is 4.74 Å². The summed E-state index contributed by atoms with van der Waals surface area (Å²) in [6, 6.07) is 15.2. The molecule has 0 aliphatic carbocycles. The van der Waals surface area contributed by atoms with E-state index in [-0.39, 0.29) is 6.04 Å². The summed E-state index contributed by atoms with van der Waals surface area (Å²) >= 11 is 3.47. The molecular weight excluding hydrogens is 314 g/mol. The lowest BCUT2D eigenvalue weighted by Gasteiger charge is -2.28. The molecule has 0 radical (unpaired) electrons. The van der Waals surface area contributed by atoms with Gasteiger partial charge < -0.3 is 10.1 Å². The minimum absolute atomic E-state index is 0.222. The molecule has 20 heavy (non-hydrogen) atoms. The zero-order valence-electron chi connectivity index (χ0n) is 11.5. The van der Waals surface area contributed by atoms with Crippen LogP contribution in [0.2, 0.25) is 0 Å². The number of hydrogen-bond donors (Lipinski definition) is 1. The summed E-state index contributed by atoms with van der Waals surface area (Å²) in [5.41, 5.74) is 3.73. The fraction of sp³-hybridized carbons (Fsp3) is 0.294. The van der Waals surface area contributed by atoms with Crippen molar-refractivity contribution >= 4 is 21.6 Å². The Labute approximate surface area is 128 Å². The van der Waals surface area contributed by atoms with Gasteiger partial charge in [0.2, 0.25) is 0 Å². The zero-order valence-corrected chi connectivity index (χ0v) is 13.1. The summed E-state index contributed by atoms with van der Waals surface area (Å²) in [4.78, 5) is 0. The Bertz CT molecular complexity index is 594. The van der Waals surface area contributed by atoms with Gasteiger partial charge in [0.15, 0.2) is 0 Å². The second-order valence-corrected chi connectivity index (χ2v) is 6.06. The van der Waals surface area contributed by atoms with Crippen molar-refractivity contribution in [2.45, 2.75) is 25.8 Å². The zero-order chi connectivity index (χ0) is 13.9. The summed E-state index contributed by atoms with van der Waals surface area (Å²) in [5, 5.41) is 3.55. The predicted molar refractivity (Wildman–Crippen MR) is 86.4 cm³/mol. The quantitative estimate of drug-likeness (QED) is 0.859. The fourth-order valence-electron chi connectivity index (χ4n) is 2.52. The van der Waals surface area contributed by atoms with Gasteiger partial charge in [-0.2, -0.15) is 0 Å². The second kappa shape index (κ2) is 5.88. The predicted octanol–water partition coefficient (Wildman–Crippen LogP) is 4.95. The van der Waals surface area contributed by atoms with E-state index in [4.69, 9.17) is 4.74 Å². The monoisotopic (exact) mass is 331 g/mol. The first-order valence-electron chi connectivity index (χ1n) is 7.04. The number of aryl methyl sites for hydroxylation is 1. The molecule has 1 aliphatic rings. The number of fused-ring (bicyclic) bond motifs is 1. The molecule has 1 atom stereocenters. The lowest BCUT2D eigenvalue weighted by Crippen LogP contribution is -2.23. The number of halogens is 1. The van der Waals surface area contributed by atoms with Crippen LogP contribution in [-0.2, 0) is 6.42 Å². The Morgan fingerprint density at radius 2 is 2.00 bits per heavy atom. The largest absolute Gasteiger partial charge is 0.489 e. The lowest BCUT2D eigenvalue weighted by atomic mass is 10.0. The first-order valence-corrected chi connectivity index (χ1v) is 7.83. The highest BCUT2D eigenvalue weighted by molar-refractivity contribution is 9.10. The van der Waals surface area contributed by atoms with Crippen molar-refractivity contribution in [1.82, 2.24) is 0 Å². The standard InChI is InChI=1S/C17H18BrNO/c1-2-3-12-4-6-13(7-5-12)16-11-20-17-10-14(18)8-9-15(17)19-16/h4-10,16,19H,2-3,11H2,1H3. The van der Waals surface area contributed by atoms with E-state index >= 15 is 0 Å². The van der Waals surface area contributed by atoms with E-state index < -0.39 is 0 Å². The summed E-state index contributed by atoms with van der Waals surface area (Å²) in [7, 11) is 0. The molecular formula is C17H18BrNO. The molecule has 1 aliphatic heterocycles. The average Bonchev–Trinajstić information content (AvgIpc) is 2.48. The number of benzene rings is 2. The molecule has 0 saturated heterocycles. The van der Waals surface area contributed by atoms with Crippen LogP contribution in [0.1, 0.15) is 30.5 Å². The molecule has 104 valence electrons. The molecule has 2 aromatic rings. The van der Waals surface area contributed by atoms with E-state index in [1.54, 1.807) is 0 Å². The van der Waals surface area contributed by atoms with Crippen LogP contribution >= 0.6 is 15.9 Å². The molecule has 0 spiro atoms. The van der Waals surface area contributed by atoms with Crippen molar-refractivity contribution in [2.24, 2.45) is 0 Å². The molecule has 0 saturated carbocycles. The van der Waals surface area contributed by atoms with Gasteiger partial charge in [-0.25, -0.2) is 0 Å². The van der Waals surface area contributed by atoms with Gasteiger partial charge in [-0.15, -0.1) is 0 Å². The van der Waals surface area contributed by atoms with Crippen molar-refractivity contribution in [3.05, 3.63) is 58.1 Å². The number of rotatable bonds is 3. The van der Waals surface area contributed by atoms with E-state index in [0.29, 0.717) is 6.61 Å². The van der Waals surface area contributed by atoms with Crippen LogP contribution in [0.15, 0.2) is 46.9 Å². The van der Waals surface area contributed by atoms with Gasteiger partial charge >= 0.3 is 0 Å². The number of hydrogen-bond acceptors (Lipinski definition) is 2. The maximum Gasteiger partial charge on any atom is 0.143 e. The van der Waals surface area contributed by atoms with E-state index in [1.807, 2.05) is 12.1 Å². The van der Waals surface area contributed by atoms with Crippen molar-refractivity contribution in [3.8, 4) is 5.75 Å². The van der Waals surface area contributed by atoms with Crippen LogP contribution in [0, 0.1) is 0 Å². The van der Waals surface area contributed by atoms with Crippen LogP contribution in [-0.4, -0.2) is 6.61 Å². The Morgan fingerprint density at radius 1 is 1.20 bits per heavy atom. The molecule has 1 unspecified atom stereocenters. The molecule has 0 fully saturated rings. The number of nitrogens with one attached hydrogen (secondary N) is 1. The van der Waals surface area contributed by atoms with Crippen LogP contribution in [0.3, 0.4) is 0 Å². The average molecular weight is 332 g/mol. The molecule has 3 heteroatoms. The third-order valence-corrected chi connectivity index (χ3v) is 4.09. The van der Waals surface area contributed by atoms with E-state index in [1.165, 1.54) is 17.5 Å². The molecule has 3 rings (SSSR count). The smallest absolute Gasteiger partial charge is 0.143 e. The third-order valence-electron chi connectivity index (χ3n) is 3.60. The van der Waals surface area contributed by atoms with Gasteiger partial charge in [0.1, 0.15) is 12.4 Å². The molecule has 2 aromatic carbocycles. The maximum absolute atomic E-state index is 5.86. The van der Waals surface area contributed by atoms with Crippen molar-refractivity contribution in [3.63, 3.8) is 0 Å². The summed E-state index contributed by atoms with van der Waals surface area (Å²) in [5.74, 6) is 0.915. The highest BCUT2D eigenvalue weighted by atomic mass is 79.9. The maximum atomic E-state index is 5.86. The van der Waals surface area contributed by atoms with Crippen LogP contribution in [0.25, 0.3) is 0 Å². The molecule has 1 N–H and O–H groups in total. The van der Waals surface area contributed by atoms with Gasteiger partial charge in [-0.1, -0.05) is 53.5 Å². The lowest BCUT2D eigenvalue weighted by molar-refractivity contribution is 0.286. The topological polar surface area (TPSA) is 21.3 Å². The van der Waals surface area contributed by atoms with Crippen LogP contribution in [0.4, 0.5) is 5.69 Å². The SMILES string of the molecule is CCCc1ccc(C2COc3cc(Br)ccc3N2)cc1.